The van der Waals surface area contributed by atoms with E-state index >= 15 is 0 Å². The first-order valence-corrected chi connectivity index (χ1v) is 8.95. The molecule has 3 N–H and O–H groups in total. The number of hydrogen-bond acceptors (Lipinski definition) is 3. The Balaban J connectivity index is 0.00000243. The van der Waals surface area contributed by atoms with Gasteiger partial charge in [0.05, 0.1) is 11.6 Å². The summed E-state index contributed by atoms with van der Waals surface area (Å²) in [4.78, 5) is 26.5. The van der Waals surface area contributed by atoms with Gasteiger partial charge in [-0.3, -0.25) is 4.79 Å². The Kier molecular flexibility index (Phi) is 7.66. The Morgan fingerprint density at radius 2 is 2.00 bits per heavy atom. The third-order valence-corrected chi connectivity index (χ3v) is 4.84. The second-order valence-corrected chi connectivity index (χ2v) is 6.75. The van der Waals surface area contributed by atoms with Crippen LogP contribution in [0, 0.1) is 11.7 Å². The van der Waals surface area contributed by atoms with Gasteiger partial charge in [0.15, 0.2) is 0 Å². The fraction of sp³-hybridized carbons (Fsp3) is 0.556. The summed E-state index contributed by atoms with van der Waals surface area (Å²) >= 11 is 0. The normalized spacial score (nSPS) is 22.9. The molecule has 1 aromatic carbocycles. The summed E-state index contributed by atoms with van der Waals surface area (Å²) in [6.07, 6.45) is 3.59. The minimum Gasteiger partial charge on any atom is -0.352 e. The number of likely N-dealkylation sites (tertiary alicyclic amines) is 1. The average Bonchev–Trinajstić information content (AvgIpc) is 2.64. The lowest BCUT2D eigenvalue weighted by atomic mass is 9.96. The van der Waals surface area contributed by atoms with E-state index in [9.17, 15) is 14.0 Å². The van der Waals surface area contributed by atoms with Gasteiger partial charge in [-0.05, 0) is 44.4 Å². The molecule has 3 rings (SSSR count). The number of hydrogen-bond donors (Lipinski definition) is 3. The van der Waals surface area contributed by atoms with Crippen LogP contribution in [0.25, 0.3) is 0 Å². The van der Waals surface area contributed by atoms with Gasteiger partial charge in [0.2, 0.25) is 5.91 Å². The van der Waals surface area contributed by atoms with Gasteiger partial charge < -0.3 is 20.9 Å². The number of urea groups is 1. The molecule has 0 saturated carbocycles. The van der Waals surface area contributed by atoms with Crippen molar-refractivity contribution in [1.82, 2.24) is 15.5 Å². The molecule has 0 aliphatic carbocycles. The number of piperidine rings is 2. The molecule has 0 aromatic heterocycles. The van der Waals surface area contributed by atoms with Gasteiger partial charge in [-0.1, -0.05) is 12.1 Å². The molecule has 3 amide bonds. The minimum absolute atomic E-state index is 0. The Morgan fingerprint density at radius 3 is 2.73 bits per heavy atom. The first-order valence-electron chi connectivity index (χ1n) is 8.95. The van der Waals surface area contributed by atoms with Crippen molar-refractivity contribution >= 4 is 30.0 Å². The van der Waals surface area contributed by atoms with Gasteiger partial charge in [-0.2, -0.15) is 0 Å². The van der Waals surface area contributed by atoms with Crippen LogP contribution in [0.2, 0.25) is 0 Å². The quantitative estimate of drug-likeness (QED) is 0.749. The summed E-state index contributed by atoms with van der Waals surface area (Å²) in [6.45, 7) is 2.75. The molecular weight excluding hydrogens is 359 g/mol. The molecule has 2 aliphatic rings. The van der Waals surface area contributed by atoms with Crippen molar-refractivity contribution in [3.63, 3.8) is 0 Å². The summed E-state index contributed by atoms with van der Waals surface area (Å²) in [5.74, 6) is -0.661. The molecule has 0 bridgehead atoms. The maximum Gasteiger partial charge on any atom is 0.321 e. The summed E-state index contributed by atoms with van der Waals surface area (Å²) in [5, 5.41) is 8.96. The van der Waals surface area contributed by atoms with E-state index in [0.29, 0.717) is 13.1 Å². The highest BCUT2D eigenvalue weighted by Gasteiger charge is 2.30. The number of halogens is 2. The van der Waals surface area contributed by atoms with Crippen LogP contribution in [0.5, 0.6) is 0 Å². The molecule has 2 heterocycles. The van der Waals surface area contributed by atoms with Crippen molar-refractivity contribution in [2.75, 3.05) is 31.5 Å². The van der Waals surface area contributed by atoms with Crippen molar-refractivity contribution in [3.05, 3.63) is 30.1 Å². The van der Waals surface area contributed by atoms with Crippen molar-refractivity contribution in [2.24, 2.45) is 5.92 Å². The van der Waals surface area contributed by atoms with Crippen LogP contribution in [0.1, 0.15) is 25.7 Å². The lowest BCUT2D eigenvalue weighted by Crippen LogP contribution is -2.51. The van der Waals surface area contributed by atoms with Crippen molar-refractivity contribution < 1.29 is 14.0 Å². The summed E-state index contributed by atoms with van der Waals surface area (Å²) in [5.41, 5.74) is 0.160. The molecular formula is C18H26ClFN4O2. The molecule has 2 aliphatic heterocycles. The molecule has 2 saturated heterocycles. The number of para-hydroxylation sites is 1. The van der Waals surface area contributed by atoms with E-state index in [2.05, 4.69) is 16.0 Å². The first kappa shape index (κ1) is 20.5. The van der Waals surface area contributed by atoms with Crippen molar-refractivity contribution in [3.8, 4) is 0 Å². The maximum atomic E-state index is 13.7. The third kappa shape index (κ3) is 5.32. The second kappa shape index (κ2) is 9.73. The van der Waals surface area contributed by atoms with Crippen molar-refractivity contribution in [1.29, 1.82) is 0 Å². The molecule has 2 atom stereocenters. The van der Waals surface area contributed by atoms with E-state index in [4.69, 9.17) is 0 Å². The van der Waals surface area contributed by atoms with Gasteiger partial charge in [0, 0.05) is 25.7 Å². The summed E-state index contributed by atoms with van der Waals surface area (Å²) in [6, 6.07) is 5.89. The molecule has 0 spiro atoms. The van der Waals surface area contributed by atoms with E-state index in [1.807, 2.05) is 0 Å². The topological polar surface area (TPSA) is 73.5 Å². The number of nitrogens with one attached hydrogen (secondary N) is 3. The van der Waals surface area contributed by atoms with Crippen LogP contribution in [-0.2, 0) is 4.79 Å². The number of rotatable bonds is 3. The lowest BCUT2D eigenvalue weighted by Gasteiger charge is -2.33. The van der Waals surface area contributed by atoms with Gasteiger partial charge >= 0.3 is 6.03 Å². The monoisotopic (exact) mass is 384 g/mol. The van der Waals surface area contributed by atoms with Crippen LogP contribution < -0.4 is 16.0 Å². The van der Waals surface area contributed by atoms with E-state index in [-0.39, 0.29) is 42.0 Å². The standard InChI is InChI=1S/C18H25FN4O2.ClH/c19-15-7-1-2-8-16(15)22-18(25)23-10-4-5-13(12-23)17(24)21-14-6-3-9-20-11-14;/h1-2,7-8,13-14,20H,3-6,9-12H2,(H,21,24)(H,22,25);1H. The van der Waals surface area contributed by atoms with Crippen LogP contribution in [0.4, 0.5) is 14.9 Å². The summed E-state index contributed by atoms with van der Waals surface area (Å²) < 4.78 is 13.7. The number of nitrogens with zero attached hydrogens (tertiary/aromatic N) is 1. The number of carbonyl (C=O) groups excluding carboxylic acids is 2. The largest absolute Gasteiger partial charge is 0.352 e. The predicted octanol–water partition coefficient (Wildman–Crippen LogP) is 2.36. The lowest BCUT2D eigenvalue weighted by molar-refractivity contribution is -0.127. The van der Waals surface area contributed by atoms with Crippen molar-refractivity contribution in [2.45, 2.75) is 31.7 Å². The number of anilines is 1. The molecule has 26 heavy (non-hydrogen) atoms. The highest BCUT2D eigenvalue weighted by molar-refractivity contribution is 5.90. The fourth-order valence-corrected chi connectivity index (χ4v) is 3.43. The molecule has 2 fully saturated rings. The zero-order chi connectivity index (χ0) is 17.6. The highest BCUT2D eigenvalue weighted by Crippen LogP contribution is 2.19. The van der Waals surface area contributed by atoms with Gasteiger partial charge in [0.1, 0.15) is 5.82 Å². The van der Waals surface area contributed by atoms with E-state index < -0.39 is 5.82 Å². The fourth-order valence-electron chi connectivity index (χ4n) is 3.43. The maximum absolute atomic E-state index is 13.7. The number of carbonyl (C=O) groups is 2. The summed E-state index contributed by atoms with van der Waals surface area (Å²) in [7, 11) is 0. The minimum atomic E-state index is -0.466. The Bertz CT molecular complexity index is 625. The van der Waals surface area contributed by atoms with E-state index in [1.54, 1.807) is 17.0 Å². The van der Waals surface area contributed by atoms with Gasteiger partial charge in [-0.25, -0.2) is 9.18 Å². The molecule has 1 aromatic rings. The molecule has 144 valence electrons. The van der Waals surface area contributed by atoms with E-state index in [0.717, 1.165) is 38.8 Å². The third-order valence-electron chi connectivity index (χ3n) is 4.84. The molecule has 8 heteroatoms. The molecule has 0 radical (unpaired) electrons. The van der Waals surface area contributed by atoms with Crippen LogP contribution in [0.15, 0.2) is 24.3 Å². The van der Waals surface area contributed by atoms with E-state index in [1.165, 1.54) is 12.1 Å². The average molecular weight is 385 g/mol. The molecule has 6 nitrogen and oxygen atoms in total. The zero-order valence-corrected chi connectivity index (χ0v) is 15.5. The van der Waals surface area contributed by atoms with Crippen LogP contribution >= 0.6 is 12.4 Å². The predicted molar refractivity (Wildman–Crippen MR) is 101 cm³/mol. The Hall–Kier alpha value is -1.86. The highest BCUT2D eigenvalue weighted by atomic mass is 35.5. The van der Waals surface area contributed by atoms with Crippen LogP contribution in [0.3, 0.4) is 0 Å². The number of benzene rings is 1. The van der Waals surface area contributed by atoms with Gasteiger partial charge in [-0.15, -0.1) is 12.4 Å². The van der Waals surface area contributed by atoms with Crippen LogP contribution in [-0.4, -0.2) is 49.1 Å². The zero-order valence-electron chi connectivity index (χ0n) is 14.7. The van der Waals surface area contributed by atoms with Gasteiger partial charge in [0.25, 0.3) is 0 Å². The SMILES string of the molecule is Cl.O=C(NC1CCCNC1)C1CCCN(C(=O)Nc2ccccc2F)C1. The Morgan fingerprint density at radius 1 is 1.19 bits per heavy atom. The second-order valence-electron chi connectivity index (χ2n) is 6.75. The molecule has 2 unspecified atom stereocenters. The smallest absolute Gasteiger partial charge is 0.321 e. The Labute approximate surface area is 159 Å². The first-order chi connectivity index (χ1) is 12.1. The number of amides is 3.